The summed E-state index contributed by atoms with van der Waals surface area (Å²) >= 11 is 0. The molecular weight excluding hydrogens is 318 g/mol. The molecule has 7 nitrogen and oxygen atoms in total. The Labute approximate surface area is 147 Å². The van der Waals surface area contributed by atoms with Crippen LogP contribution in [-0.4, -0.2) is 46.7 Å². The highest BCUT2D eigenvalue weighted by Gasteiger charge is 2.27. The van der Waals surface area contributed by atoms with Crippen molar-refractivity contribution in [1.82, 2.24) is 25.7 Å². The SMILES string of the molecule is Cc1noc(CCNC(=O)NC2CCN(C(C)c3ccccc3)C2)n1. The Kier molecular flexibility index (Phi) is 5.65. The number of nitrogens with zero attached hydrogens (tertiary/aromatic N) is 3. The predicted molar refractivity (Wildman–Crippen MR) is 94.1 cm³/mol. The summed E-state index contributed by atoms with van der Waals surface area (Å²) in [6.45, 7) is 6.32. The van der Waals surface area contributed by atoms with Gasteiger partial charge in [-0.1, -0.05) is 35.5 Å². The number of nitrogens with one attached hydrogen (secondary N) is 2. The zero-order valence-corrected chi connectivity index (χ0v) is 14.7. The number of aromatic nitrogens is 2. The van der Waals surface area contributed by atoms with E-state index in [-0.39, 0.29) is 12.1 Å². The molecule has 0 radical (unpaired) electrons. The number of benzene rings is 1. The Balaban J connectivity index is 1.39. The number of hydrogen-bond donors (Lipinski definition) is 2. The average molecular weight is 343 g/mol. The summed E-state index contributed by atoms with van der Waals surface area (Å²) < 4.78 is 5.02. The molecule has 1 aliphatic heterocycles. The van der Waals surface area contributed by atoms with Crippen LogP contribution in [0.5, 0.6) is 0 Å². The van der Waals surface area contributed by atoms with Crippen molar-refractivity contribution in [3.05, 3.63) is 47.6 Å². The van der Waals surface area contributed by atoms with Gasteiger partial charge in [-0.25, -0.2) is 4.79 Å². The lowest BCUT2D eigenvalue weighted by molar-refractivity contribution is 0.231. The molecule has 2 aromatic rings. The minimum Gasteiger partial charge on any atom is -0.339 e. The van der Waals surface area contributed by atoms with Gasteiger partial charge >= 0.3 is 6.03 Å². The molecule has 7 heteroatoms. The molecule has 0 spiro atoms. The first-order chi connectivity index (χ1) is 12.1. The molecule has 2 N–H and O–H groups in total. The molecule has 1 fully saturated rings. The average Bonchev–Trinajstić information content (AvgIpc) is 3.24. The molecule has 0 saturated carbocycles. The van der Waals surface area contributed by atoms with Crippen LogP contribution in [0.25, 0.3) is 0 Å². The lowest BCUT2D eigenvalue weighted by Gasteiger charge is -2.24. The van der Waals surface area contributed by atoms with Gasteiger partial charge in [-0.15, -0.1) is 0 Å². The molecule has 1 saturated heterocycles. The van der Waals surface area contributed by atoms with Gasteiger partial charge in [0, 0.05) is 38.1 Å². The molecule has 2 unspecified atom stereocenters. The molecule has 134 valence electrons. The van der Waals surface area contributed by atoms with Gasteiger partial charge < -0.3 is 15.2 Å². The quantitative estimate of drug-likeness (QED) is 0.839. The molecular formula is C18H25N5O2. The van der Waals surface area contributed by atoms with Gasteiger partial charge in [0.05, 0.1) is 0 Å². The van der Waals surface area contributed by atoms with Gasteiger partial charge in [-0.2, -0.15) is 4.98 Å². The van der Waals surface area contributed by atoms with Crippen molar-refractivity contribution in [2.45, 2.75) is 38.8 Å². The highest BCUT2D eigenvalue weighted by molar-refractivity contribution is 5.74. The van der Waals surface area contributed by atoms with Gasteiger partial charge in [0.2, 0.25) is 5.89 Å². The number of carbonyl (C=O) groups excluding carboxylic acids is 1. The highest BCUT2D eigenvalue weighted by atomic mass is 16.5. The molecule has 1 aromatic carbocycles. The molecule has 1 aliphatic rings. The van der Waals surface area contributed by atoms with Crippen LogP contribution in [0.15, 0.2) is 34.9 Å². The third-order valence-corrected chi connectivity index (χ3v) is 4.58. The molecule has 2 heterocycles. The van der Waals surface area contributed by atoms with E-state index < -0.39 is 0 Å². The Morgan fingerprint density at radius 1 is 1.40 bits per heavy atom. The van der Waals surface area contributed by atoms with Crippen LogP contribution in [0, 0.1) is 6.92 Å². The van der Waals surface area contributed by atoms with Gasteiger partial charge in [0.15, 0.2) is 5.82 Å². The van der Waals surface area contributed by atoms with Crippen LogP contribution >= 0.6 is 0 Å². The van der Waals surface area contributed by atoms with Crippen LogP contribution in [0.3, 0.4) is 0 Å². The Morgan fingerprint density at radius 2 is 2.20 bits per heavy atom. The second-order valence-electron chi connectivity index (χ2n) is 6.45. The van der Waals surface area contributed by atoms with Crippen molar-refractivity contribution < 1.29 is 9.32 Å². The zero-order valence-electron chi connectivity index (χ0n) is 14.7. The summed E-state index contributed by atoms with van der Waals surface area (Å²) in [7, 11) is 0. The van der Waals surface area contributed by atoms with E-state index in [4.69, 9.17) is 4.52 Å². The van der Waals surface area contributed by atoms with Crippen molar-refractivity contribution in [2.24, 2.45) is 0 Å². The lowest BCUT2D eigenvalue weighted by atomic mass is 10.1. The van der Waals surface area contributed by atoms with Crippen molar-refractivity contribution in [2.75, 3.05) is 19.6 Å². The van der Waals surface area contributed by atoms with E-state index in [2.05, 4.69) is 56.9 Å². The highest BCUT2D eigenvalue weighted by Crippen LogP contribution is 2.24. The normalized spacial score (nSPS) is 18.9. The van der Waals surface area contributed by atoms with E-state index >= 15 is 0 Å². The summed E-state index contributed by atoms with van der Waals surface area (Å²) in [4.78, 5) is 18.6. The lowest BCUT2D eigenvalue weighted by Crippen LogP contribution is -2.44. The van der Waals surface area contributed by atoms with Crippen molar-refractivity contribution in [3.8, 4) is 0 Å². The second kappa shape index (κ2) is 8.11. The number of amides is 2. The predicted octanol–water partition coefficient (Wildman–Crippen LogP) is 2.06. The largest absolute Gasteiger partial charge is 0.339 e. The van der Waals surface area contributed by atoms with E-state index in [0.29, 0.717) is 30.7 Å². The fourth-order valence-electron chi connectivity index (χ4n) is 3.16. The zero-order chi connectivity index (χ0) is 17.6. The maximum Gasteiger partial charge on any atom is 0.315 e. The molecule has 2 atom stereocenters. The fraction of sp³-hybridized carbons (Fsp3) is 0.500. The molecule has 2 amide bonds. The van der Waals surface area contributed by atoms with Crippen LogP contribution in [0.1, 0.15) is 36.7 Å². The summed E-state index contributed by atoms with van der Waals surface area (Å²) in [5.74, 6) is 1.15. The van der Waals surface area contributed by atoms with Crippen LogP contribution in [-0.2, 0) is 6.42 Å². The second-order valence-corrected chi connectivity index (χ2v) is 6.45. The summed E-state index contributed by atoms with van der Waals surface area (Å²) in [6, 6.07) is 10.9. The smallest absolute Gasteiger partial charge is 0.315 e. The molecule has 3 rings (SSSR count). The summed E-state index contributed by atoms with van der Waals surface area (Å²) in [6.07, 6.45) is 1.50. The molecule has 25 heavy (non-hydrogen) atoms. The van der Waals surface area contributed by atoms with E-state index in [1.807, 2.05) is 6.07 Å². The number of urea groups is 1. The Hall–Kier alpha value is -2.41. The fourth-order valence-corrected chi connectivity index (χ4v) is 3.16. The molecule has 1 aromatic heterocycles. The van der Waals surface area contributed by atoms with Crippen molar-refractivity contribution >= 4 is 6.03 Å². The van der Waals surface area contributed by atoms with Gasteiger partial charge in [-0.3, -0.25) is 4.90 Å². The number of aryl methyl sites for hydroxylation is 1. The van der Waals surface area contributed by atoms with E-state index in [0.717, 1.165) is 19.5 Å². The van der Waals surface area contributed by atoms with E-state index in [9.17, 15) is 4.79 Å². The van der Waals surface area contributed by atoms with Crippen molar-refractivity contribution in [3.63, 3.8) is 0 Å². The molecule has 0 aliphatic carbocycles. The van der Waals surface area contributed by atoms with Crippen LogP contribution < -0.4 is 10.6 Å². The van der Waals surface area contributed by atoms with Crippen LogP contribution in [0.4, 0.5) is 4.79 Å². The third kappa shape index (κ3) is 4.79. The minimum atomic E-state index is -0.143. The first-order valence-electron chi connectivity index (χ1n) is 8.74. The third-order valence-electron chi connectivity index (χ3n) is 4.58. The maximum absolute atomic E-state index is 12.0. The van der Waals surface area contributed by atoms with E-state index in [1.54, 1.807) is 6.92 Å². The first-order valence-corrected chi connectivity index (χ1v) is 8.74. The topological polar surface area (TPSA) is 83.3 Å². The number of rotatable bonds is 6. The van der Waals surface area contributed by atoms with Crippen molar-refractivity contribution in [1.29, 1.82) is 0 Å². The number of carbonyl (C=O) groups is 1. The van der Waals surface area contributed by atoms with Gasteiger partial charge in [0.25, 0.3) is 0 Å². The molecule has 0 bridgehead atoms. The van der Waals surface area contributed by atoms with E-state index in [1.165, 1.54) is 5.56 Å². The standard InChI is InChI=1S/C18H25N5O2/c1-13(15-6-4-3-5-7-15)23-11-9-16(12-23)21-18(24)19-10-8-17-20-14(2)22-25-17/h3-7,13,16H,8-12H2,1-2H3,(H2,19,21,24). The van der Waals surface area contributed by atoms with Gasteiger partial charge in [0.1, 0.15) is 0 Å². The van der Waals surface area contributed by atoms with Gasteiger partial charge in [-0.05, 0) is 25.8 Å². The summed E-state index contributed by atoms with van der Waals surface area (Å²) in [5.41, 5.74) is 1.31. The first kappa shape index (κ1) is 17.4. The monoisotopic (exact) mass is 343 g/mol. The van der Waals surface area contributed by atoms with Crippen LogP contribution in [0.2, 0.25) is 0 Å². The Morgan fingerprint density at radius 3 is 2.92 bits per heavy atom. The summed E-state index contributed by atoms with van der Waals surface area (Å²) in [5, 5.41) is 9.62. The number of hydrogen-bond acceptors (Lipinski definition) is 5. The minimum absolute atomic E-state index is 0.143. The Bertz CT molecular complexity index is 688. The maximum atomic E-state index is 12.0. The number of likely N-dealkylation sites (tertiary alicyclic amines) is 1.